The number of hydrogen-bond acceptors (Lipinski definition) is 10. The molecule has 0 aliphatic carbocycles. The molecule has 0 spiro atoms. The predicted molar refractivity (Wildman–Crippen MR) is 252 cm³/mol. The SMILES string of the molecule is CCCCCCCC/C=C\CCCCCCCC(=O)OC(COC(=O)CCCCCCCCCCC)COP(=O)(O)OCC(CO)OC(=O)CCCCCCCCCCCCC. The zero-order chi connectivity index (χ0) is 45.6. The molecule has 0 heterocycles. The normalized spacial score (nSPS) is 13.6. The molecule has 0 saturated heterocycles. The molecule has 0 aliphatic heterocycles. The van der Waals surface area contributed by atoms with Crippen LogP contribution in [-0.2, 0) is 42.2 Å². The maximum atomic E-state index is 12.8. The smallest absolute Gasteiger partial charge is 0.462 e. The second kappa shape index (κ2) is 45.8. The Balaban J connectivity index is 4.70. The van der Waals surface area contributed by atoms with Gasteiger partial charge >= 0.3 is 25.7 Å². The fourth-order valence-corrected chi connectivity index (χ4v) is 8.02. The average Bonchev–Trinajstić information content (AvgIpc) is 3.25. The fourth-order valence-electron chi connectivity index (χ4n) is 7.23. The van der Waals surface area contributed by atoms with E-state index in [0.29, 0.717) is 19.3 Å². The lowest BCUT2D eigenvalue weighted by molar-refractivity contribution is -0.161. The Labute approximate surface area is 379 Å². The lowest BCUT2D eigenvalue weighted by Crippen LogP contribution is -2.30. The van der Waals surface area contributed by atoms with Crippen molar-refractivity contribution in [1.29, 1.82) is 0 Å². The van der Waals surface area contributed by atoms with Crippen LogP contribution in [0.1, 0.15) is 252 Å². The molecule has 12 heteroatoms. The van der Waals surface area contributed by atoms with Gasteiger partial charge < -0.3 is 24.2 Å². The molecule has 0 fully saturated rings. The van der Waals surface area contributed by atoms with Gasteiger partial charge in [0.2, 0.25) is 0 Å². The number of phosphoric acid groups is 1. The monoisotopic (exact) mass is 903 g/mol. The second-order valence-electron chi connectivity index (χ2n) is 17.3. The molecule has 3 unspecified atom stereocenters. The van der Waals surface area contributed by atoms with Gasteiger partial charge in [-0.05, 0) is 44.9 Å². The van der Waals surface area contributed by atoms with E-state index < -0.39 is 57.8 Å². The molecule has 0 saturated carbocycles. The first kappa shape index (κ1) is 60.2. The van der Waals surface area contributed by atoms with Gasteiger partial charge in [-0.2, -0.15) is 0 Å². The van der Waals surface area contributed by atoms with Gasteiger partial charge in [-0.3, -0.25) is 23.4 Å². The van der Waals surface area contributed by atoms with Gasteiger partial charge in [0.15, 0.2) is 6.10 Å². The molecule has 0 aromatic rings. The molecule has 0 rings (SSSR count). The summed E-state index contributed by atoms with van der Waals surface area (Å²) in [5, 5.41) is 9.74. The number of allylic oxidation sites excluding steroid dienone is 2. The molecule has 366 valence electrons. The first-order chi connectivity index (χ1) is 30.2. The van der Waals surface area contributed by atoms with E-state index in [4.69, 9.17) is 23.3 Å². The first-order valence-electron chi connectivity index (χ1n) is 25.6. The fraction of sp³-hybridized carbons (Fsp3) is 0.900. The van der Waals surface area contributed by atoms with Gasteiger partial charge in [-0.1, -0.05) is 200 Å². The predicted octanol–water partition coefficient (Wildman–Crippen LogP) is 14.1. The maximum Gasteiger partial charge on any atom is 0.472 e. The molecule has 3 atom stereocenters. The third kappa shape index (κ3) is 43.5. The first-order valence-corrected chi connectivity index (χ1v) is 27.1. The number of ether oxygens (including phenoxy) is 3. The van der Waals surface area contributed by atoms with E-state index in [2.05, 4.69) is 32.9 Å². The molecule has 11 nitrogen and oxygen atoms in total. The lowest BCUT2D eigenvalue weighted by Gasteiger charge is -2.21. The van der Waals surface area contributed by atoms with Crippen LogP contribution >= 0.6 is 7.82 Å². The molecular weight excluding hydrogens is 808 g/mol. The quantitative estimate of drug-likeness (QED) is 0.0197. The maximum absolute atomic E-state index is 12.8. The number of aliphatic hydroxyl groups excluding tert-OH is 1. The van der Waals surface area contributed by atoms with Gasteiger partial charge in [-0.25, -0.2) is 4.57 Å². The Bertz CT molecular complexity index is 1100. The molecule has 0 radical (unpaired) electrons. The van der Waals surface area contributed by atoms with E-state index in [9.17, 15) is 28.9 Å². The summed E-state index contributed by atoms with van der Waals surface area (Å²) in [7, 11) is -4.73. The Morgan fingerprint density at radius 3 is 1.11 bits per heavy atom. The molecule has 0 aliphatic rings. The summed E-state index contributed by atoms with van der Waals surface area (Å²) < 4.78 is 39.2. The van der Waals surface area contributed by atoms with Crippen molar-refractivity contribution < 1.29 is 52.2 Å². The molecular formula is C50H95O11P. The summed E-state index contributed by atoms with van der Waals surface area (Å²) in [6, 6.07) is 0. The number of rotatable bonds is 48. The lowest BCUT2D eigenvalue weighted by atomic mass is 10.1. The van der Waals surface area contributed by atoms with Crippen molar-refractivity contribution in [1.82, 2.24) is 0 Å². The number of carbonyl (C=O) groups is 3. The van der Waals surface area contributed by atoms with Crippen LogP contribution in [-0.4, -0.2) is 66.5 Å². The van der Waals surface area contributed by atoms with E-state index in [1.807, 2.05) is 0 Å². The molecule has 0 aromatic carbocycles. The van der Waals surface area contributed by atoms with Crippen LogP contribution in [0.2, 0.25) is 0 Å². The summed E-state index contributed by atoms with van der Waals surface area (Å²) in [6.07, 6.45) is 40.4. The third-order valence-corrected chi connectivity index (χ3v) is 12.1. The topological polar surface area (TPSA) is 155 Å². The minimum atomic E-state index is -4.73. The molecule has 2 N–H and O–H groups in total. The van der Waals surface area contributed by atoms with Crippen molar-refractivity contribution in [3.05, 3.63) is 12.2 Å². The zero-order valence-corrected chi connectivity index (χ0v) is 41.0. The van der Waals surface area contributed by atoms with Crippen molar-refractivity contribution in [2.45, 2.75) is 264 Å². The Morgan fingerprint density at radius 2 is 0.742 bits per heavy atom. The minimum absolute atomic E-state index is 0.164. The number of carbonyl (C=O) groups excluding carboxylic acids is 3. The summed E-state index contributed by atoms with van der Waals surface area (Å²) in [4.78, 5) is 48.1. The molecule has 0 aromatic heterocycles. The van der Waals surface area contributed by atoms with Crippen LogP contribution in [0.3, 0.4) is 0 Å². The summed E-state index contributed by atoms with van der Waals surface area (Å²) >= 11 is 0. The minimum Gasteiger partial charge on any atom is -0.462 e. The highest BCUT2D eigenvalue weighted by Gasteiger charge is 2.28. The highest BCUT2D eigenvalue weighted by atomic mass is 31.2. The second-order valence-corrected chi connectivity index (χ2v) is 18.8. The summed E-state index contributed by atoms with van der Waals surface area (Å²) in [5.41, 5.74) is 0. The molecule has 62 heavy (non-hydrogen) atoms. The summed E-state index contributed by atoms with van der Waals surface area (Å²) in [6.45, 7) is 4.61. The number of hydrogen-bond donors (Lipinski definition) is 2. The van der Waals surface area contributed by atoms with Gasteiger partial charge in [0.25, 0.3) is 0 Å². The highest BCUT2D eigenvalue weighted by molar-refractivity contribution is 7.47. The van der Waals surface area contributed by atoms with Crippen LogP contribution < -0.4 is 0 Å². The average molecular weight is 903 g/mol. The van der Waals surface area contributed by atoms with Crippen LogP contribution in [0.25, 0.3) is 0 Å². The Morgan fingerprint density at radius 1 is 0.435 bits per heavy atom. The standard InChI is InChI=1S/C50H95O11P/c1-4-7-10-13-16-19-21-22-23-24-26-29-32-35-38-41-50(54)61-47(43-57-48(52)39-36-33-30-27-18-15-12-9-6-3)45-59-62(55,56)58-44-46(42-51)60-49(53)40-37-34-31-28-25-20-17-14-11-8-5-2/h22-23,46-47,51H,4-21,24-45H2,1-3H3,(H,55,56)/b23-22-. The summed E-state index contributed by atoms with van der Waals surface area (Å²) in [5.74, 6) is -1.46. The Kier molecular flexibility index (Phi) is 44.5. The molecule has 0 amide bonds. The van der Waals surface area contributed by atoms with Gasteiger partial charge in [-0.15, -0.1) is 0 Å². The van der Waals surface area contributed by atoms with Gasteiger partial charge in [0.1, 0.15) is 12.7 Å². The largest absolute Gasteiger partial charge is 0.472 e. The van der Waals surface area contributed by atoms with Crippen LogP contribution in [0.5, 0.6) is 0 Å². The van der Waals surface area contributed by atoms with Crippen molar-refractivity contribution >= 4 is 25.7 Å². The van der Waals surface area contributed by atoms with Gasteiger partial charge in [0.05, 0.1) is 19.8 Å². The zero-order valence-electron chi connectivity index (χ0n) is 40.1. The number of aliphatic hydroxyl groups is 1. The van der Waals surface area contributed by atoms with E-state index in [1.54, 1.807) is 0 Å². The third-order valence-electron chi connectivity index (χ3n) is 11.2. The van der Waals surface area contributed by atoms with Crippen LogP contribution in [0.15, 0.2) is 12.2 Å². The van der Waals surface area contributed by atoms with Crippen LogP contribution in [0, 0.1) is 0 Å². The Hall–Kier alpha value is -1.78. The van der Waals surface area contributed by atoms with E-state index in [1.165, 1.54) is 116 Å². The van der Waals surface area contributed by atoms with Crippen molar-refractivity contribution in [2.24, 2.45) is 0 Å². The number of esters is 3. The highest BCUT2D eigenvalue weighted by Crippen LogP contribution is 2.43. The van der Waals surface area contributed by atoms with Crippen molar-refractivity contribution in [3.8, 4) is 0 Å². The number of unbranched alkanes of at least 4 members (excludes halogenated alkanes) is 29. The van der Waals surface area contributed by atoms with Crippen molar-refractivity contribution in [3.63, 3.8) is 0 Å². The van der Waals surface area contributed by atoms with Crippen molar-refractivity contribution in [2.75, 3.05) is 26.4 Å². The van der Waals surface area contributed by atoms with E-state index in [0.717, 1.165) is 77.0 Å². The van der Waals surface area contributed by atoms with E-state index >= 15 is 0 Å². The molecule has 0 bridgehead atoms. The van der Waals surface area contributed by atoms with Crippen LogP contribution in [0.4, 0.5) is 0 Å². The number of phosphoric ester groups is 1. The van der Waals surface area contributed by atoms with E-state index in [-0.39, 0.29) is 25.9 Å². The van der Waals surface area contributed by atoms with Gasteiger partial charge in [0, 0.05) is 19.3 Å².